The van der Waals surface area contributed by atoms with Gasteiger partial charge in [0.25, 0.3) is 0 Å². The number of hydrogen-bond donors (Lipinski definition) is 1. The van der Waals surface area contributed by atoms with Gasteiger partial charge in [-0.15, -0.1) is 0 Å². The number of pyridine rings is 1. The van der Waals surface area contributed by atoms with Crippen molar-refractivity contribution >= 4 is 11.7 Å². The van der Waals surface area contributed by atoms with Crippen LogP contribution in [0.5, 0.6) is 0 Å². The molecule has 1 aliphatic heterocycles. The number of nitrogens with zero attached hydrogens (tertiary/aromatic N) is 3. The molecule has 0 aromatic carbocycles. The number of anilines is 1. The van der Waals surface area contributed by atoms with Crippen LogP contribution in [0, 0.1) is 5.82 Å². The van der Waals surface area contributed by atoms with Crippen molar-refractivity contribution in [1.82, 2.24) is 15.2 Å². The van der Waals surface area contributed by atoms with Crippen LogP contribution in [-0.4, -0.2) is 48.6 Å². The summed E-state index contributed by atoms with van der Waals surface area (Å²) in [6.07, 6.45) is 2.79. The van der Waals surface area contributed by atoms with Crippen molar-refractivity contribution in [1.29, 1.82) is 0 Å². The van der Waals surface area contributed by atoms with Crippen molar-refractivity contribution in [2.24, 2.45) is 0 Å². The molecule has 0 radical (unpaired) electrons. The topological polar surface area (TPSA) is 48.5 Å². The van der Waals surface area contributed by atoms with E-state index >= 15 is 0 Å². The van der Waals surface area contributed by atoms with Gasteiger partial charge in [0.05, 0.1) is 11.9 Å². The number of aromatic nitrogens is 1. The number of amides is 2. The summed E-state index contributed by atoms with van der Waals surface area (Å²) in [5, 5.41) is 2.77. The molecule has 0 bridgehead atoms. The van der Waals surface area contributed by atoms with Gasteiger partial charge < -0.3 is 15.1 Å². The summed E-state index contributed by atoms with van der Waals surface area (Å²) < 4.78 is 13.6. The van der Waals surface area contributed by atoms with Crippen LogP contribution in [0.15, 0.2) is 18.5 Å². The monoisotopic (exact) mass is 252 g/mol. The zero-order valence-corrected chi connectivity index (χ0v) is 10.4. The highest BCUT2D eigenvalue weighted by molar-refractivity contribution is 5.74. The van der Waals surface area contributed by atoms with Crippen molar-refractivity contribution in [3.63, 3.8) is 0 Å². The SMILES string of the molecule is CCNC(=O)N1CCN(c2ccncc2F)CC1. The third kappa shape index (κ3) is 2.69. The van der Waals surface area contributed by atoms with Crippen molar-refractivity contribution < 1.29 is 9.18 Å². The Labute approximate surface area is 106 Å². The average molecular weight is 252 g/mol. The second-order valence-corrected chi connectivity index (χ2v) is 4.14. The van der Waals surface area contributed by atoms with Crippen molar-refractivity contribution in [3.8, 4) is 0 Å². The van der Waals surface area contributed by atoms with Gasteiger partial charge in [0.2, 0.25) is 0 Å². The maximum Gasteiger partial charge on any atom is 0.317 e. The fraction of sp³-hybridized carbons (Fsp3) is 0.500. The molecule has 0 atom stereocenters. The zero-order valence-electron chi connectivity index (χ0n) is 10.4. The maximum atomic E-state index is 13.6. The molecule has 5 nitrogen and oxygen atoms in total. The normalized spacial score (nSPS) is 15.7. The molecule has 0 saturated carbocycles. The van der Waals surface area contributed by atoms with E-state index in [0.29, 0.717) is 38.4 Å². The molecule has 1 aliphatic rings. The van der Waals surface area contributed by atoms with E-state index in [0.717, 1.165) is 0 Å². The minimum atomic E-state index is -0.316. The van der Waals surface area contributed by atoms with Crippen LogP contribution in [0.1, 0.15) is 6.92 Å². The van der Waals surface area contributed by atoms with Gasteiger partial charge in [-0.3, -0.25) is 4.98 Å². The summed E-state index contributed by atoms with van der Waals surface area (Å²) in [6, 6.07) is 1.62. The predicted molar refractivity (Wildman–Crippen MR) is 67.1 cm³/mol. The number of piperazine rings is 1. The molecule has 1 fully saturated rings. The molecule has 2 amide bonds. The summed E-state index contributed by atoms with van der Waals surface area (Å²) in [7, 11) is 0. The van der Waals surface area contributed by atoms with Crippen LogP contribution < -0.4 is 10.2 Å². The van der Waals surface area contributed by atoms with Crippen LogP contribution in [0.2, 0.25) is 0 Å². The first-order valence-corrected chi connectivity index (χ1v) is 6.09. The molecule has 1 aromatic rings. The van der Waals surface area contributed by atoms with E-state index < -0.39 is 0 Å². The highest BCUT2D eigenvalue weighted by Crippen LogP contribution is 2.19. The van der Waals surface area contributed by atoms with E-state index in [1.165, 1.54) is 6.20 Å². The fourth-order valence-corrected chi connectivity index (χ4v) is 2.04. The molecule has 18 heavy (non-hydrogen) atoms. The van der Waals surface area contributed by atoms with Gasteiger partial charge in [-0.1, -0.05) is 0 Å². The number of hydrogen-bond acceptors (Lipinski definition) is 3. The number of rotatable bonds is 2. The lowest BCUT2D eigenvalue weighted by molar-refractivity contribution is 0.195. The minimum Gasteiger partial charge on any atom is -0.366 e. The van der Waals surface area contributed by atoms with Gasteiger partial charge in [0.15, 0.2) is 5.82 Å². The van der Waals surface area contributed by atoms with Gasteiger partial charge in [-0.25, -0.2) is 9.18 Å². The number of halogens is 1. The van der Waals surface area contributed by atoms with Crippen LogP contribution >= 0.6 is 0 Å². The Morgan fingerprint density at radius 1 is 1.44 bits per heavy atom. The van der Waals surface area contributed by atoms with Crippen LogP contribution in [0.3, 0.4) is 0 Å². The minimum absolute atomic E-state index is 0.0487. The van der Waals surface area contributed by atoms with Gasteiger partial charge in [-0.2, -0.15) is 0 Å². The largest absolute Gasteiger partial charge is 0.366 e. The fourth-order valence-electron chi connectivity index (χ4n) is 2.04. The van der Waals surface area contributed by atoms with Crippen molar-refractivity contribution in [2.45, 2.75) is 6.92 Å². The molecule has 6 heteroatoms. The smallest absolute Gasteiger partial charge is 0.317 e. The zero-order chi connectivity index (χ0) is 13.0. The third-order valence-electron chi connectivity index (χ3n) is 2.99. The van der Waals surface area contributed by atoms with Gasteiger partial charge >= 0.3 is 6.03 Å². The lowest BCUT2D eigenvalue weighted by Gasteiger charge is -2.36. The molecule has 2 rings (SSSR count). The lowest BCUT2D eigenvalue weighted by atomic mass is 10.2. The molecule has 1 N–H and O–H groups in total. The maximum absolute atomic E-state index is 13.6. The molecule has 0 unspecified atom stereocenters. The molecule has 1 aromatic heterocycles. The molecular weight excluding hydrogens is 235 g/mol. The van der Waals surface area contributed by atoms with Crippen molar-refractivity contribution in [2.75, 3.05) is 37.6 Å². The van der Waals surface area contributed by atoms with Gasteiger partial charge in [-0.05, 0) is 13.0 Å². The van der Waals surface area contributed by atoms with E-state index in [4.69, 9.17) is 0 Å². The van der Waals surface area contributed by atoms with Crippen LogP contribution in [-0.2, 0) is 0 Å². The Balaban J connectivity index is 1.95. The van der Waals surface area contributed by atoms with E-state index in [-0.39, 0.29) is 11.8 Å². The Morgan fingerprint density at radius 3 is 2.78 bits per heavy atom. The quantitative estimate of drug-likeness (QED) is 0.856. The molecule has 1 saturated heterocycles. The first kappa shape index (κ1) is 12.6. The summed E-state index contributed by atoms with van der Waals surface area (Å²) in [6.45, 7) is 5.00. The number of urea groups is 1. The second kappa shape index (κ2) is 5.66. The number of carbonyl (C=O) groups excluding carboxylic acids is 1. The molecule has 0 spiro atoms. The Bertz CT molecular complexity index is 418. The average Bonchev–Trinajstić information content (AvgIpc) is 2.40. The highest BCUT2D eigenvalue weighted by Gasteiger charge is 2.22. The van der Waals surface area contributed by atoms with E-state index in [1.54, 1.807) is 17.2 Å². The van der Waals surface area contributed by atoms with Crippen LogP contribution in [0.4, 0.5) is 14.9 Å². The standard InChI is InChI=1S/C12H17FN4O/c1-2-15-12(18)17-7-5-16(6-8-17)11-3-4-14-9-10(11)13/h3-4,9H,2,5-8H2,1H3,(H,15,18). The predicted octanol–water partition coefficient (Wildman–Crippen LogP) is 1.07. The van der Waals surface area contributed by atoms with Crippen LogP contribution in [0.25, 0.3) is 0 Å². The Kier molecular flexibility index (Phi) is 3.96. The molecular formula is C12H17FN4O. The molecule has 98 valence electrons. The summed E-state index contributed by atoms with van der Waals surface area (Å²) in [4.78, 5) is 19.0. The van der Waals surface area contributed by atoms with E-state index in [9.17, 15) is 9.18 Å². The molecule has 0 aliphatic carbocycles. The lowest BCUT2D eigenvalue weighted by Crippen LogP contribution is -2.52. The molecule has 2 heterocycles. The first-order valence-electron chi connectivity index (χ1n) is 6.09. The highest BCUT2D eigenvalue weighted by atomic mass is 19.1. The van der Waals surface area contributed by atoms with E-state index in [1.807, 2.05) is 11.8 Å². The summed E-state index contributed by atoms with van der Waals surface area (Å²) >= 11 is 0. The van der Waals surface area contributed by atoms with E-state index in [2.05, 4.69) is 10.3 Å². The van der Waals surface area contributed by atoms with Gasteiger partial charge in [0.1, 0.15) is 0 Å². The van der Waals surface area contributed by atoms with Crippen molar-refractivity contribution in [3.05, 3.63) is 24.3 Å². The Hall–Kier alpha value is -1.85. The Morgan fingerprint density at radius 2 is 2.17 bits per heavy atom. The third-order valence-corrected chi connectivity index (χ3v) is 2.99. The summed E-state index contributed by atoms with van der Waals surface area (Å²) in [5.41, 5.74) is 0.556. The number of carbonyl (C=O) groups is 1. The van der Waals surface area contributed by atoms with Gasteiger partial charge in [0, 0.05) is 38.9 Å². The first-order chi connectivity index (χ1) is 8.72. The summed E-state index contributed by atoms with van der Waals surface area (Å²) in [5.74, 6) is -0.316. The number of nitrogens with one attached hydrogen (secondary N) is 1. The second-order valence-electron chi connectivity index (χ2n) is 4.14.